The van der Waals surface area contributed by atoms with Gasteiger partial charge in [-0.3, -0.25) is 4.79 Å². The summed E-state index contributed by atoms with van der Waals surface area (Å²) < 4.78 is 89.2. The molecule has 3 nitrogen and oxygen atoms in total. The first kappa shape index (κ1) is 25.5. The zero-order chi connectivity index (χ0) is 20.9. The zero-order valence-electron chi connectivity index (χ0n) is 16.4. The van der Waals surface area contributed by atoms with Crippen LogP contribution in [-0.2, 0) is 17.1 Å². The molecule has 0 saturated heterocycles. The summed E-state index contributed by atoms with van der Waals surface area (Å²) in [5.41, 5.74) is -5.80. The van der Waals surface area contributed by atoms with Gasteiger partial charge in [0, 0.05) is 12.7 Å². The van der Waals surface area contributed by atoms with E-state index in [-0.39, 0.29) is 32.2 Å². The Bertz CT molecular complexity index is 796. The maximum Gasteiger partial charge on any atom is 1.00 e. The molecule has 0 heterocycles. The van der Waals surface area contributed by atoms with Gasteiger partial charge in [0.15, 0.2) is 5.52 Å². The number of alkyl halides is 6. The third kappa shape index (κ3) is 7.04. The standard InChI is InChI=1S/C18H15F6O3P.Li.H/c1-26-9-10-27-11-5-7-12(8-6-11)28-16(25)15-13(17(19,20)21)3-2-4-14(15)18(22,23)24;;/h2-8,28H,9-10H2,1H3;;/q;+1;-1. The molecule has 1 unspecified atom stereocenters. The molecule has 1 atom stereocenters. The van der Waals surface area contributed by atoms with Gasteiger partial charge in [0.25, 0.3) is 0 Å². The molecule has 2 rings (SSSR count). The van der Waals surface area contributed by atoms with E-state index >= 15 is 0 Å². The second-order valence-electron chi connectivity index (χ2n) is 5.54. The molecule has 0 radical (unpaired) electrons. The summed E-state index contributed by atoms with van der Waals surface area (Å²) >= 11 is 0. The third-order valence-electron chi connectivity index (χ3n) is 3.57. The topological polar surface area (TPSA) is 35.5 Å². The number of methoxy groups -OCH3 is 1. The summed E-state index contributed by atoms with van der Waals surface area (Å²) in [6, 6.07) is 7.37. The Kier molecular flexibility index (Phi) is 9.23. The van der Waals surface area contributed by atoms with Crippen molar-refractivity contribution in [3.05, 3.63) is 59.2 Å². The van der Waals surface area contributed by atoms with Crippen molar-refractivity contribution in [2.24, 2.45) is 0 Å². The van der Waals surface area contributed by atoms with Crippen molar-refractivity contribution in [1.29, 1.82) is 0 Å². The van der Waals surface area contributed by atoms with Crippen molar-refractivity contribution in [2.75, 3.05) is 20.3 Å². The molecule has 0 fully saturated rings. The van der Waals surface area contributed by atoms with E-state index in [9.17, 15) is 31.1 Å². The van der Waals surface area contributed by atoms with Crippen LogP contribution in [0.15, 0.2) is 42.5 Å². The van der Waals surface area contributed by atoms with Crippen LogP contribution in [0, 0.1) is 0 Å². The molecule has 0 aliphatic carbocycles. The van der Waals surface area contributed by atoms with Crippen molar-refractivity contribution >= 4 is 19.4 Å². The monoisotopic (exact) mass is 432 g/mol. The first-order valence-electron chi connectivity index (χ1n) is 7.84. The predicted octanol–water partition coefficient (Wildman–Crippen LogP) is 2.01. The average molecular weight is 432 g/mol. The SMILES string of the molecule is COCCOc1ccc(PC(=O)c2c(C(F)(F)F)cccc2C(F)(F)F)cc1.[H-].[Li+]. The summed E-state index contributed by atoms with van der Waals surface area (Å²) in [6.45, 7) is 0.612. The van der Waals surface area contributed by atoms with Crippen LogP contribution in [0.5, 0.6) is 5.75 Å². The molecule has 0 N–H and O–H groups in total. The van der Waals surface area contributed by atoms with Crippen LogP contribution in [0.2, 0.25) is 0 Å². The summed E-state index contributed by atoms with van der Waals surface area (Å²) in [7, 11) is 0.579. The van der Waals surface area contributed by atoms with E-state index in [4.69, 9.17) is 9.47 Å². The second-order valence-corrected chi connectivity index (χ2v) is 6.82. The Balaban J connectivity index is 0.00000420. The quantitative estimate of drug-likeness (QED) is 0.291. The molecular formula is C18H16F6LiO3P. The van der Waals surface area contributed by atoms with Gasteiger partial charge in [0.1, 0.15) is 12.4 Å². The summed E-state index contributed by atoms with van der Waals surface area (Å²) in [4.78, 5) is 12.4. The van der Waals surface area contributed by atoms with E-state index in [1.807, 2.05) is 0 Å². The smallest absolute Gasteiger partial charge is 1.00 e. The second kappa shape index (κ2) is 10.5. The molecule has 2 aromatic rings. The number of halogens is 6. The maximum absolute atomic E-state index is 13.2. The van der Waals surface area contributed by atoms with Crippen LogP contribution in [-0.4, -0.2) is 25.8 Å². The number of carbonyl (C=O) groups is 1. The van der Waals surface area contributed by atoms with E-state index in [1.54, 1.807) is 0 Å². The molecule has 154 valence electrons. The Morgan fingerprint density at radius 2 is 1.45 bits per heavy atom. The fraction of sp³-hybridized carbons (Fsp3) is 0.278. The molecule has 11 heteroatoms. The molecule has 2 aromatic carbocycles. The number of ether oxygens (including phenoxy) is 2. The van der Waals surface area contributed by atoms with Gasteiger partial charge in [0.05, 0.1) is 17.7 Å². The molecule has 0 aliphatic heterocycles. The fourth-order valence-electron chi connectivity index (χ4n) is 2.34. The number of hydrogen-bond donors (Lipinski definition) is 0. The molecule has 0 spiro atoms. The Morgan fingerprint density at radius 3 is 1.90 bits per heavy atom. The maximum atomic E-state index is 13.2. The number of benzene rings is 2. The largest absolute Gasteiger partial charge is 1.00 e. The van der Waals surface area contributed by atoms with E-state index in [2.05, 4.69) is 0 Å². The van der Waals surface area contributed by atoms with E-state index in [0.29, 0.717) is 30.6 Å². The fourth-order valence-corrected chi connectivity index (χ4v) is 3.33. The predicted molar refractivity (Wildman–Crippen MR) is 93.7 cm³/mol. The third-order valence-corrected chi connectivity index (χ3v) is 4.67. The normalized spacial score (nSPS) is 12.1. The minimum absolute atomic E-state index is 0. The van der Waals surface area contributed by atoms with Gasteiger partial charge in [-0.05, 0) is 38.2 Å². The van der Waals surface area contributed by atoms with Crippen molar-refractivity contribution in [3.8, 4) is 5.75 Å². The van der Waals surface area contributed by atoms with Crippen molar-refractivity contribution in [3.63, 3.8) is 0 Å². The number of rotatable bonds is 7. The van der Waals surface area contributed by atoms with E-state index in [0.717, 1.165) is 0 Å². The van der Waals surface area contributed by atoms with Crippen LogP contribution in [0.4, 0.5) is 26.3 Å². The first-order chi connectivity index (χ1) is 13.0. The first-order valence-corrected chi connectivity index (χ1v) is 8.84. The minimum Gasteiger partial charge on any atom is -1.00 e. The van der Waals surface area contributed by atoms with Gasteiger partial charge in [-0.15, -0.1) is 0 Å². The van der Waals surface area contributed by atoms with Crippen molar-refractivity contribution < 1.29 is 60.9 Å². The Labute approximate surface area is 178 Å². The van der Waals surface area contributed by atoms with Crippen LogP contribution >= 0.6 is 8.58 Å². The molecule has 0 aliphatic rings. The van der Waals surface area contributed by atoms with Crippen LogP contribution in [0.25, 0.3) is 0 Å². The number of carbonyl (C=O) groups excluding carboxylic acids is 1. The van der Waals surface area contributed by atoms with E-state index < -0.39 is 43.1 Å². The molecular weight excluding hydrogens is 416 g/mol. The van der Waals surface area contributed by atoms with Crippen molar-refractivity contribution in [1.82, 2.24) is 0 Å². The van der Waals surface area contributed by atoms with Gasteiger partial charge >= 0.3 is 31.2 Å². The minimum atomic E-state index is -5.09. The van der Waals surface area contributed by atoms with E-state index in [1.165, 1.54) is 31.4 Å². The average Bonchev–Trinajstić information content (AvgIpc) is 2.61. The zero-order valence-corrected chi connectivity index (χ0v) is 16.4. The number of hydrogen-bond acceptors (Lipinski definition) is 3. The molecule has 29 heavy (non-hydrogen) atoms. The van der Waals surface area contributed by atoms with Gasteiger partial charge < -0.3 is 10.9 Å². The molecule has 0 aromatic heterocycles. The van der Waals surface area contributed by atoms with Gasteiger partial charge in [0.2, 0.25) is 0 Å². The van der Waals surface area contributed by atoms with Crippen LogP contribution < -0.4 is 28.9 Å². The Morgan fingerprint density at radius 1 is 0.931 bits per heavy atom. The van der Waals surface area contributed by atoms with Gasteiger partial charge in [-0.1, -0.05) is 18.2 Å². The van der Waals surface area contributed by atoms with Crippen LogP contribution in [0.3, 0.4) is 0 Å². The summed E-state index contributed by atoms with van der Waals surface area (Å²) in [5, 5.41) is 0.286. The van der Waals surface area contributed by atoms with Gasteiger partial charge in [-0.25, -0.2) is 0 Å². The summed E-state index contributed by atoms with van der Waals surface area (Å²) in [6.07, 6.45) is -10.2. The van der Waals surface area contributed by atoms with Crippen LogP contribution in [0.1, 0.15) is 22.9 Å². The van der Waals surface area contributed by atoms with Crippen molar-refractivity contribution in [2.45, 2.75) is 12.4 Å². The molecule has 0 saturated carbocycles. The van der Waals surface area contributed by atoms with Gasteiger partial charge in [-0.2, -0.15) is 26.3 Å². The Hall–Kier alpha value is -1.52. The molecule has 0 amide bonds. The summed E-state index contributed by atoms with van der Waals surface area (Å²) in [5.74, 6) is 0.435. The molecule has 0 bridgehead atoms.